The van der Waals surface area contributed by atoms with E-state index in [1.165, 1.54) is 40.9 Å². The minimum absolute atomic E-state index is 0.0450. The largest absolute Gasteiger partial charge is 0.350 e. The van der Waals surface area contributed by atoms with E-state index < -0.39 is 16.9 Å². The second kappa shape index (κ2) is 12.0. The summed E-state index contributed by atoms with van der Waals surface area (Å²) in [7, 11) is 0. The normalized spacial score (nSPS) is 14.8. The molecule has 2 aromatic heterocycles. The average molecular weight is 582 g/mol. The highest BCUT2D eigenvalue weighted by molar-refractivity contribution is 8.00. The number of thioether (sulfide) groups is 1. The van der Waals surface area contributed by atoms with Crippen LogP contribution in [0.1, 0.15) is 21.9 Å². The van der Waals surface area contributed by atoms with Crippen LogP contribution < -0.4 is 10.2 Å². The smallest absolute Gasteiger partial charge is 0.240 e. The molecule has 7 nitrogen and oxygen atoms in total. The van der Waals surface area contributed by atoms with Gasteiger partial charge in [0.1, 0.15) is 24.0 Å². The number of nitrogens with one attached hydrogen (secondary N) is 1. The number of pyridine rings is 1. The van der Waals surface area contributed by atoms with Crippen molar-refractivity contribution in [2.75, 3.05) is 17.2 Å². The standard InChI is InChI=1S/C32H25F2N5O2S/c33-24-11-13-26(14-12-24)39-32-29(30(37-39)22-7-2-1-3-8-22)31(23-9-4-10-25(34)16-23)42-20-28(41)38(32)19-27(40)36-18-21-6-5-15-35-17-21/h1-17,31H,18-20H2,(H,36,40)/t31-/m0/s1. The molecule has 1 aliphatic heterocycles. The molecule has 0 saturated heterocycles. The first kappa shape index (κ1) is 27.3. The van der Waals surface area contributed by atoms with E-state index in [4.69, 9.17) is 5.10 Å². The van der Waals surface area contributed by atoms with Crippen molar-refractivity contribution < 1.29 is 18.4 Å². The topological polar surface area (TPSA) is 80.1 Å². The summed E-state index contributed by atoms with van der Waals surface area (Å²) in [5, 5.41) is 7.33. The van der Waals surface area contributed by atoms with Crippen molar-refractivity contribution >= 4 is 29.4 Å². The predicted molar refractivity (Wildman–Crippen MR) is 158 cm³/mol. The zero-order valence-corrected chi connectivity index (χ0v) is 23.1. The monoisotopic (exact) mass is 581 g/mol. The van der Waals surface area contributed by atoms with Gasteiger partial charge in [0.2, 0.25) is 11.8 Å². The molecule has 2 amide bonds. The van der Waals surface area contributed by atoms with Crippen LogP contribution in [0, 0.1) is 11.6 Å². The maximum absolute atomic E-state index is 14.5. The summed E-state index contributed by atoms with van der Waals surface area (Å²) in [5.74, 6) is -1.08. The van der Waals surface area contributed by atoms with Gasteiger partial charge in [-0.25, -0.2) is 13.5 Å². The maximum atomic E-state index is 14.5. The summed E-state index contributed by atoms with van der Waals surface area (Å²) in [6, 6.07) is 25.1. The third-order valence-electron chi connectivity index (χ3n) is 6.87. The number of anilines is 1. The lowest BCUT2D eigenvalue weighted by atomic mass is 9.99. The Morgan fingerprint density at radius 2 is 1.76 bits per heavy atom. The van der Waals surface area contributed by atoms with Crippen molar-refractivity contribution in [2.45, 2.75) is 11.8 Å². The van der Waals surface area contributed by atoms with Crippen molar-refractivity contribution in [3.05, 3.63) is 132 Å². The Bertz CT molecular complexity index is 1730. The van der Waals surface area contributed by atoms with Gasteiger partial charge in [-0.15, -0.1) is 11.8 Å². The van der Waals surface area contributed by atoms with E-state index in [0.717, 1.165) is 11.1 Å². The van der Waals surface area contributed by atoms with Gasteiger partial charge in [0.15, 0.2) is 0 Å². The van der Waals surface area contributed by atoms with Crippen LogP contribution in [-0.4, -0.2) is 38.9 Å². The Labute approximate surface area is 245 Å². The fourth-order valence-corrected chi connectivity index (χ4v) is 6.11. The zero-order valence-electron chi connectivity index (χ0n) is 22.3. The molecule has 1 atom stereocenters. The number of benzene rings is 3. The molecule has 0 unspecified atom stereocenters. The average Bonchev–Trinajstić information content (AvgIpc) is 3.33. The number of carbonyl (C=O) groups excluding carboxylic acids is 2. The van der Waals surface area contributed by atoms with E-state index in [2.05, 4.69) is 10.3 Å². The van der Waals surface area contributed by atoms with E-state index in [0.29, 0.717) is 28.3 Å². The van der Waals surface area contributed by atoms with Gasteiger partial charge in [-0.2, -0.15) is 5.10 Å². The van der Waals surface area contributed by atoms with Crippen molar-refractivity contribution in [1.82, 2.24) is 20.1 Å². The molecule has 1 aliphatic rings. The highest BCUT2D eigenvalue weighted by Crippen LogP contribution is 2.48. The lowest BCUT2D eigenvalue weighted by molar-refractivity contribution is -0.123. The van der Waals surface area contributed by atoms with Gasteiger partial charge in [0.25, 0.3) is 0 Å². The van der Waals surface area contributed by atoms with Crippen molar-refractivity contribution in [2.24, 2.45) is 0 Å². The second-order valence-electron chi connectivity index (χ2n) is 9.70. The van der Waals surface area contributed by atoms with Gasteiger partial charge in [0, 0.05) is 30.1 Å². The summed E-state index contributed by atoms with van der Waals surface area (Å²) in [6.45, 7) is -0.0294. The Morgan fingerprint density at radius 1 is 0.952 bits per heavy atom. The fraction of sp³-hybridized carbons (Fsp3) is 0.125. The predicted octanol–water partition coefficient (Wildman–Crippen LogP) is 5.70. The highest BCUT2D eigenvalue weighted by Gasteiger charge is 2.37. The third-order valence-corrected chi connectivity index (χ3v) is 8.13. The van der Waals surface area contributed by atoms with Crippen LogP contribution in [0.15, 0.2) is 103 Å². The van der Waals surface area contributed by atoms with Crippen molar-refractivity contribution in [1.29, 1.82) is 0 Å². The molecular formula is C32H25F2N5O2S. The van der Waals surface area contributed by atoms with Gasteiger partial charge >= 0.3 is 0 Å². The molecule has 0 saturated carbocycles. The number of carbonyl (C=O) groups is 2. The van der Waals surface area contributed by atoms with E-state index in [1.54, 1.807) is 41.3 Å². The molecule has 1 N–H and O–H groups in total. The fourth-order valence-electron chi connectivity index (χ4n) is 4.93. The van der Waals surface area contributed by atoms with Gasteiger partial charge in [-0.3, -0.25) is 19.5 Å². The summed E-state index contributed by atoms with van der Waals surface area (Å²) in [5.41, 5.74) is 4.00. The molecule has 0 aliphatic carbocycles. The number of fused-ring (bicyclic) bond motifs is 1. The van der Waals surface area contributed by atoms with Crippen molar-refractivity contribution in [3.63, 3.8) is 0 Å². The lowest BCUT2D eigenvalue weighted by Gasteiger charge is -2.23. The van der Waals surface area contributed by atoms with Gasteiger partial charge in [-0.05, 0) is 53.6 Å². The Hall–Kier alpha value is -4.83. The Morgan fingerprint density at radius 3 is 2.50 bits per heavy atom. The summed E-state index contributed by atoms with van der Waals surface area (Å²) in [6.07, 6.45) is 3.31. The number of amides is 2. The first-order valence-corrected chi connectivity index (χ1v) is 14.3. The first-order chi connectivity index (χ1) is 20.5. The SMILES string of the molecule is O=C(CN1C(=O)CS[C@@H](c2cccc(F)c2)c2c(-c3ccccc3)nn(-c3ccc(F)cc3)c21)NCc1cccnc1. The van der Waals surface area contributed by atoms with Crippen LogP contribution in [0.4, 0.5) is 14.6 Å². The number of halogens is 2. The van der Waals surface area contributed by atoms with Crippen LogP contribution in [0.5, 0.6) is 0 Å². The molecule has 5 aromatic rings. The van der Waals surface area contributed by atoms with E-state index in [-0.39, 0.29) is 30.7 Å². The quantitative estimate of drug-likeness (QED) is 0.267. The highest BCUT2D eigenvalue weighted by atomic mass is 32.2. The molecule has 3 aromatic carbocycles. The van der Waals surface area contributed by atoms with E-state index in [1.807, 2.05) is 42.5 Å². The molecule has 210 valence electrons. The van der Waals surface area contributed by atoms with E-state index >= 15 is 0 Å². The first-order valence-electron chi connectivity index (χ1n) is 13.3. The molecular weight excluding hydrogens is 556 g/mol. The van der Waals surface area contributed by atoms with Gasteiger partial charge in [-0.1, -0.05) is 48.5 Å². The molecule has 0 bridgehead atoms. The number of hydrogen-bond acceptors (Lipinski definition) is 5. The molecule has 0 radical (unpaired) electrons. The van der Waals surface area contributed by atoms with E-state index in [9.17, 15) is 18.4 Å². The molecule has 0 fully saturated rings. The maximum Gasteiger partial charge on any atom is 0.240 e. The van der Waals surface area contributed by atoms with Crippen LogP contribution in [0.2, 0.25) is 0 Å². The zero-order chi connectivity index (χ0) is 29.1. The minimum Gasteiger partial charge on any atom is -0.350 e. The molecule has 6 rings (SSSR count). The van der Waals surface area contributed by atoms with Crippen molar-refractivity contribution in [3.8, 4) is 16.9 Å². The lowest BCUT2D eigenvalue weighted by Crippen LogP contribution is -2.42. The second-order valence-corrected chi connectivity index (χ2v) is 10.8. The number of aromatic nitrogens is 3. The van der Waals surface area contributed by atoms with Crippen LogP contribution in [-0.2, 0) is 16.1 Å². The van der Waals surface area contributed by atoms with Crippen LogP contribution >= 0.6 is 11.8 Å². The summed E-state index contributed by atoms with van der Waals surface area (Å²) >= 11 is 1.35. The third kappa shape index (κ3) is 5.66. The summed E-state index contributed by atoms with van der Waals surface area (Å²) < 4.78 is 30.0. The Balaban J connectivity index is 1.52. The Kier molecular flexibility index (Phi) is 7.78. The van der Waals surface area contributed by atoms with Crippen LogP contribution in [0.3, 0.4) is 0 Å². The molecule has 10 heteroatoms. The number of hydrogen-bond donors (Lipinski definition) is 1. The molecule has 42 heavy (non-hydrogen) atoms. The molecule has 3 heterocycles. The molecule has 0 spiro atoms. The van der Waals surface area contributed by atoms with Gasteiger partial charge in [0.05, 0.1) is 22.4 Å². The van der Waals surface area contributed by atoms with Crippen LogP contribution in [0.25, 0.3) is 16.9 Å². The number of rotatable bonds is 7. The minimum atomic E-state index is -0.479. The summed E-state index contributed by atoms with van der Waals surface area (Å²) in [4.78, 5) is 32.5. The number of nitrogens with zero attached hydrogens (tertiary/aromatic N) is 4. The van der Waals surface area contributed by atoms with Gasteiger partial charge < -0.3 is 5.32 Å².